The molecule has 0 bridgehead atoms. The first-order valence-electron chi connectivity index (χ1n) is 5.68. The van der Waals surface area contributed by atoms with E-state index in [1.807, 2.05) is 0 Å². The smallest absolute Gasteiger partial charge is 0.323 e. The molecule has 1 aromatic rings. The molecule has 1 aliphatic carbocycles. The number of pyridine rings is 1. The van der Waals surface area contributed by atoms with Crippen LogP contribution in [-0.4, -0.2) is 40.0 Å². The molecule has 1 fully saturated rings. The van der Waals surface area contributed by atoms with Crippen molar-refractivity contribution in [2.75, 3.05) is 13.1 Å². The van der Waals surface area contributed by atoms with Crippen LogP contribution < -0.4 is 0 Å². The van der Waals surface area contributed by atoms with E-state index in [2.05, 4.69) is 4.98 Å². The van der Waals surface area contributed by atoms with Gasteiger partial charge < -0.3 is 10.0 Å². The molecule has 18 heavy (non-hydrogen) atoms. The molecule has 1 aromatic heterocycles. The van der Waals surface area contributed by atoms with Gasteiger partial charge in [-0.1, -0.05) is 0 Å². The molecule has 0 saturated heterocycles. The fraction of sp³-hybridized carbons (Fsp3) is 0.417. The highest BCUT2D eigenvalue weighted by molar-refractivity contribution is 5.96. The lowest BCUT2D eigenvalue weighted by molar-refractivity contribution is -0.137. The number of carbonyl (C=O) groups is 2. The van der Waals surface area contributed by atoms with Crippen molar-refractivity contribution in [3.63, 3.8) is 0 Å². The van der Waals surface area contributed by atoms with Crippen LogP contribution >= 0.6 is 0 Å². The van der Waals surface area contributed by atoms with Crippen molar-refractivity contribution in [2.24, 2.45) is 5.92 Å². The van der Waals surface area contributed by atoms with Gasteiger partial charge in [0.15, 0.2) is 5.82 Å². The van der Waals surface area contributed by atoms with Crippen LogP contribution in [0.2, 0.25) is 0 Å². The molecule has 0 aromatic carbocycles. The van der Waals surface area contributed by atoms with Gasteiger partial charge in [-0.2, -0.15) is 0 Å². The van der Waals surface area contributed by atoms with Crippen LogP contribution in [0.25, 0.3) is 0 Å². The Bertz CT molecular complexity index is 474. The van der Waals surface area contributed by atoms with Crippen molar-refractivity contribution in [3.8, 4) is 0 Å². The lowest BCUT2D eigenvalue weighted by atomic mass is 10.2. The molecule has 96 valence electrons. The summed E-state index contributed by atoms with van der Waals surface area (Å²) in [5, 5.41) is 8.78. The summed E-state index contributed by atoms with van der Waals surface area (Å²) in [7, 11) is 0. The molecule has 1 aliphatic rings. The number of halogens is 1. The minimum absolute atomic E-state index is 0.132. The molecule has 0 unspecified atom stereocenters. The summed E-state index contributed by atoms with van der Waals surface area (Å²) < 4.78 is 13.4. The van der Waals surface area contributed by atoms with E-state index in [4.69, 9.17) is 5.11 Å². The molecule has 1 amide bonds. The fourth-order valence-electron chi connectivity index (χ4n) is 1.71. The number of carboxylic acid groups (broad SMARTS) is 1. The first kappa shape index (κ1) is 12.5. The van der Waals surface area contributed by atoms with Gasteiger partial charge in [-0.05, 0) is 24.8 Å². The Balaban J connectivity index is 2.15. The fourth-order valence-corrected chi connectivity index (χ4v) is 1.71. The summed E-state index contributed by atoms with van der Waals surface area (Å²) in [5.74, 6) is -2.07. The van der Waals surface area contributed by atoms with E-state index in [1.54, 1.807) is 0 Å². The second-order valence-electron chi connectivity index (χ2n) is 4.38. The number of rotatable bonds is 5. The van der Waals surface area contributed by atoms with Crippen molar-refractivity contribution in [1.82, 2.24) is 9.88 Å². The molecule has 1 N–H and O–H groups in total. The van der Waals surface area contributed by atoms with E-state index >= 15 is 0 Å². The Morgan fingerprint density at radius 2 is 2.22 bits per heavy atom. The molecule has 0 spiro atoms. The van der Waals surface area contributed by atoms with Gasteiger partial charge in [-0.3, -0.25) is 14.6 Å². The molecule has 6 heteroatoms. The molecule has 1 heterocycles. The van der Waals surface area contributed by atoms with Crippen LogP contribution in [-0.2, 0) is 4.79 Å². The molecule has 1 saturated carbocycles. The first-order valence-corrected chi connectivity index (χ1v) is 5.68. The van der Waals surface area contributed by atoms with Gasteiger partial charge in [0.05, 0.1) is 11.8 Å². The third-order valence-corrected chi connectivity index (χ3v) is 2.79. The zero-order valence-corrected chi connectivity index (χ0v) is 9.67. The summed E-state index contributed by atoms with van der Waals surface area (Å²) in [6.07, 6.45) is 4.24. The topological polar surface area (TPSA) is 70.5 Å². The zero-order valence-electron chi connectivity index (χ0n) is 9.67. The van der Waals surface area contributed by atoms with Gasteiger partial charge in [0.25, 0.3) is 5.91 Å². The number of aromatic nitrogens is 1. The summed E-state index contributed by atoms with van der Waals surface area (Å²) in [4.78, 5) is 27.5. The van der Waals surface area contributed by atoms with Gasteiger partial charge in [0.2, 0.25) is 0 Å². The summed E-state index contributed by atoms with van der Waals surface area (Å²) >= 11 is 0. The monoisotopic (exact) mass is 252 g/mol. The van der Waals surface area contributed by atoms with Crippen LogP contribution in [0.15, 0.2) is 18.5 Å². The Morgan fingerprint density at radius 1 is 1.50 bits per heavy atom. The lowest BCUT2D eigenvalue weighted by Gasteiger charge is -2.20. The van der Waals surface area contributed by atoms with Crippen LogP contribution in [0.4, 0.5) is 4.39 Å². The number of hydrogen-bond acceptors (Lipinski definition) is 3. The van der Waals surface area contributed by atoms with E-state index in [0.717, 1.165) is 19.0 Å². The van der Waals surface area contributed by atoms with Crippen LogP contribution in [0, 0.1) is 11.7 Å². The number of amides is 1. The first-order chi connectivity index (χ1) is 8.58. The normalized spacial score (nSPS) is 14.3. The Hall–Kier alpha value is -1.98. The highest BCUT2D eigenvalue weighted by Gasteiger charge is 2.29. The predicted molar refractivity (Wildman–Crippen MR) is 60.5 cm³/mol. The SMILES string of the molecule is O=C(O)CN(CC1CC1)C(=O)c1ccncc1F. The predicted octanol–water partition coefficient (Wildman–Crippen LogP) is 1.16. The van der Waals surface area contributed by atoms with Gasteiger partial charge in [-0.25, -0.2) is 4.39 Å². The number of carboxylic acids is 1. The number of hydrogen-bond donors (Lipinski definition) is 1. The van der Waals surface area contributed by atoms with Gasteiger partial charge in [0.1, 0.15) is 6.54 Å². The average molecular weight is 252 g/mol. The number of aliphatic carboxylic acids is 1. The van der Waals surface area contributed by atoms with E-state index in [9.17, 15) is 14.0 Å². The van der Waals surface area contributed by atoms with Gasteiger partial charge in [-0.15, -0.1) is 0 Å². The van der Waals surface area contributed by atoms with Crippen LogP contribution in [0.3, 0.4) is 0 Å². The Kier molecular flexibility index (Phi) is 3.55. The minimum atomic E-state index is -1.10. The molecule has 5 nitrogen and oxygen atoms in total. The standard InChI is InChI=1S/C12H13FN2O3/c13-10-5-14-4-3-9(10)12(18)15(7-11(16)17)6-8-1-2-8/h3-5,8H,1-2,6-7H2,(H,16,17). The van der Waals surface area contributed by atoms with Crippen LogP contribution in [0.1, 0.15) is 23.2 Å². The third-order valence-electron chi connectivity index (χ3n) is 2.79. The summed E-state index contributed by atoms with van der Waals surface area (Å²) in [6.45, 7) is -0.0377. The maximum atomic E-state index is 13.4. The molecule has 0 radical (unpaired) electrons. The highest BCUT2D eigenvalue weighted by Crippen LogP contribution is 2.30. The minimum Gasteiger partial charge on any atom is -0.480 e. The van der Waals surface area contributed by atoms with Crippen molar-refractivity contribution in [2.45, 2.75) is 12.8 Å². The second-order valence-corrected chi connectivity index (χ2v) is 4.38. The van der Waals surface area contributed by atoms with E-state index in [-0.39, 0.29) is 5.56 Å². The molecule has 2 rings (SSSR count). The maximum absolute atomic E-state index is 13.4. The molecule has 0 atom stereocenters. The van der Waals surface area contributed by atoms with Crippen molar-refractivity contribution in [3.05, 3.63) is 29.8 Å². The molecule has 0 aliphatic heterocycles. The van der Waals surface area contributed by atoms with Crippen molar-refractivity contribution >= 4 is 11.9 Å². The van der Waals surface area contributed by atoms with E-state index < -0.39 is 24.2 Å². The van der Waals surface area contributed by atoms with Crippen molar-refractivity contribution in [1.29, 1.82) is 0 Å². The highest BCUT2D eigenvalue weighted by atomic mass is 19.1. The Labute approximate surface area is 103 Å². The molecular weight excluding hydrogens is 239 g/mol. The Morgan fingerprint density at radius 3 is 2.78 bits per heavy atom. The third kappa shape index (κ3) is 3.03. The largest absolute Gasteiger partial charge is 0.480 e. The van der Waals surface area contributed by atoms with E-state index in [1.165, 1.54) is 17.2 Å². The summed E-state index contributed by atoms with van der Waals surface area (Å²) in [5.41, 5.74) is -0.132. The van der Waals surface area contributed by atoms with Crippen LogP contribution in [0.5, 0.6) is 0 Å². The van der Waals surface area contributed by atoms with E-state index in [0.29, 0.717) is 12.5 Å². The quantitative estimate of drug-likeness (QED) is 0.853. The lowest BCUT2D eigenvalue weighted by Crippen LogP contribution is -2.37. The van der Waals surface area contributed by atoms with Crippen molar-refractivity contribution < 1.29 is 19.1 Å². The maximum Gasteiger partial charge on any atom is 0.323 e. The van der Waals surface area contributed by atoms with Gasteiger partial charge >= 0.3 is 5.97 Å². The zero-order chi connectivity index (χ0) is 13.1. The van der Waals surface area contributed by atoms with Gasteiger partial charge in [0, 0.05) is 12.7 Å². The average Bonchev–Trinajstić information content (AvgIpc) is 3.11. The molecular formula is C12H13FN2O3. The number of nitrogens with zero attached hydrogens (tertiary/aromatic N) is 2. The summed E-state index contributed by atoms with van der Waals surface area (Å²) in [6, 6.07) is 1.26. The number of carbonyl (C=O) groups excluding carboxylic acids is 1. The second kappa shape index (κ2) is 5.12.